The van der Waals surface area contributed by atoms with Crippen molar-refractivity contribution in [2.45, 2.75) is 32.6 Å². The first-order valence-corrected chi connectivity index (χ1v) is 6.39. The van der Waals surface area contributed by atoms with Crippen molar-refractivity contribution in [3.05, 3.63) is 28.8 Å². The van der Waals surface area contributed by atoms with Crippen LogP contribution in [0.5, 0.6) is 5.75 Å². The predicted octanol–water partition coefficient (Wildman–Crippen LogP) is 2.58. The molecule has 3 N–H and O–H groups in total. The zero-order chi connectivity index (χ0) is 13.4. The highest BCUT2D eigenvalue weighted by molar-refractivity contribution is 6.31. The molecule has 0 bridgehead atoms. The number of hydrazine groups is 1. The summed E-state index contributed by atoms with van der Waals surface area (Å²) in [7, 11) is 0. The van der Waals surface area contributed by atoms with Gasteiger partial charge in [-0.2, -0.15) is 0 Å². The molecule has 0 saturated carbocycles. The van der Waals surface area contributed by atoms with E-state index in [1.807, 2.05) is 25.1 Å². The fourth-order valence-electron chi connectivity index (χ4n) is 1.53. The normalized spacial score (nSPS) is 10.2. The third-order valence-corrected chi connectivity index (χ3v) is 3.03. The summed E-state index contributed by atoms with van der Waals surface area (Å²) in [5, 5.41) is 0.746. The second-order valence-electron chi connectivity index (χ2n) is 4.14. The van der Waals surface area contributed by atoms with Crippen LogP contribution in [0.15, 0.2) is 18.2 Å². The molecular weight excluding hydrogens is 252 g/mol. The minimum Gasteiger partial charge on any atom is -0.494 e. The third kappa shape index (κ3) is 5.38. The van der Waals surface area contributed by atoms with Crippen molar-refractivity contribution in [3.8, 4) is 5.75 Å². The van der Waals surface area contributed by atoms with Gasteiger partial charge in [-0.3, -0.25) is 10.2 Å². The highest BCUT2D eigenvalue weighted by atomic mass is 35.5. The first-order valence-electron chi connectivity index (χ1n) is 6.02. The van der Waals surface area contributed by atoms with E-state index in [9.17, 15) is 4.79 Å². The average Bonchev–Trinajstić information content (AvgIpc) is 2.37. The summed E-state index contributed by atoms with van der Waals surface area (Å²) in [5.74, 6) is 5.69. The Labute approximate surface area is 112 Å². The maximum atomic E-state index is 10.9. The van der Waals surface area contributed by atoms with Crippen LogP contribution < -0.4 is 16.0 Å². The number of nitrogens with one attached hydrogen (secondary N) is 1. The van der Waals surface area contributed by atoms with Crippen LogP contribution in [0.4, 0.5) is 0 Å². The number of ether oxygens (including phenoxy) is 1. The standard InChI is InChI=1S/C13H19ClN2O2/c1-10-9-11(6-7-12(10)14)18-8-4-2-3-5-13(17)16-15/h6-7,9H,2-5,8,15H2,1H3,(H,16,17). The number of nitrogens with two attached hydrogens (primary N) is 1. The average molecular weight is 271 g/mol. The molecular formula is C13H19ClN2O2. The molecule has 1 aromatic rings. The number of halogens is 1. The summed E-state index contributed by atoms with van der Waals surface area (Å²) < 4.78 is 5.59. The maximum Gasteiger partial charge on any atom is 0.233 e. The van der Waals surface area contributed by atoms with E-state index in [0.29, 0.717) is 13.0 Å². The lowest BCUT2D eigenvalue weighted by Gasteiger charge is -2.07. The molecule has 0 unspecified atom stereocenters. The number of hydrogen-bond acceptors (Lipinski definition) is 3. The lowest BCUT2D eigenvalue weighted by molar-refractivity contribution is -0.121. The summed E-state index contributed by atoms with van der Waals surface area (Å²) in [5.41, 5.74) is 3.12. The zero-order valence-electron chi connectivity index (χ0n) is 10.5. The number of amides is 1. The fraction of sp³-hybridized carbons (Fsp3) is 0.462. The Bertz CT molecular complexity index is 397. The monoisotopic (exact) mass is 270 g/mol. The number of unbranched alkanes of at least 4 members (excludes halogenated alkanes) is 2. The van der Waals surface area contributed by atoms with Crippen LogP contribution >= 0.6 is 11.6 Å². The Balaban J connectivity index is 2.14. The molecule has 0 aliphatic heterocycles. The van der Waals surface area contributed by atoms with Crippen molar-refractivity contribution in [1.29, 1.82) is 0 Å². The summed E-state index contributed by atoms with van der Waals surface area (Å²) >= 11 is 5.92. The molecule has 18 heavy (non-hydrogen) atoms. The van der Waals surface area contributed by atoms with Gasteiger partial charge in [0.2, 0.25) is 5.91 Å². The van der Waals surface area contributed by atoms with Crippen LogP contribution in [0.25, 0.3) is 0 Å². The molecule has 0 atom stereocenters. The Morgan fingerprint density at radius 1 is 1.39 bits per heavy atom. The zero-order valence-corrected chi connectivity index (χ0v) is 11.3. The minimum atomic E-state index is -0.121. The Morgan fingerprint density at radius 3 is 2.83 bits per heavy atom. The molecule has 0 aromatic heterocycles. The molecule has 0 radical (unpaired) electrons. The number of hydrogen-bond donors (Lipinski definition) is 2. The van der Waals surface area contributed by atoms with Crippen molar-refractivity contribution < 1.29 is 9.53 Å². The largest absolute Gasteiger partial charge is 0.494 e. The molecule has 1 aromatic carbocycles. The predicted molar refractivity (Wildman–Crippen MR) is 72.5 cm³/mol. The summed E-state index contributed by atoms with van der Waals surface area (Å²) in [6.45, 7) is 2.59. The van der Waals surface area contributed by atoms with Gasteiger partial charge in [-0.1, -0.05) is 11.6 Å². The second-order valence-corrected chi connectivity index (χ2v) is 4.54. The fourth-order valence-corrected chi connectivity index (χ4v) is 1.65. The van der Waals surface area contributed by atoms with Crippen LogP contribution in [0.2, 0.25) is 5.02 Å². The van der Waals surface area contributed by atoms with E-state index in [0.717, 1.165) is 35.6 Å². The van der Waals surface area contributed by atoms with E-state index in [1.54, 1.807) is 0 Å². The molecule has 4 nitrogen and oxygen atoms in total. The van der Waals surface area contributed by atoms with Gasteiger partial charge >= 0.3 is 0 Å². The van der Waals surface area contributed by atoms with Crippen molar-refractivity contribution >= 4 is 17.5 Å². The molecule has 0 aliphatic rings. The van der Waals surface area contributed by atoms with Crippen molar-refractivity contribution in [1.82, 2.24) is 5.43 Å². The molecule has 0 fully saturated rings. The van der Waals surface area contributed by atoms with E-state index < -0.39 is 0 Å². The van der Waals surface area contributed by atoms with Crippen LogP contribution in [0.1, 0.15) is 31.2 Å². The lowest BCUT2D eigenvalue weighted by Crippen LogP contribution is -2.29. The van der Waals surface area contributed by atoms with Crippen LogP contribution in [-0.2, 0) is 4.79 Å². The quantitative estimate of drug-likeness (QED) is 0.346. The van der Waals surface area contributed by atoms with Gasteiger partial charge in [-0.05, 0) is 49.9 Å². The number of aryl methyl sites for hydroxylation is 1. The van der Waals surface area contributed by atoms with Gasteiger partial charge in [0.05, 0.1) is 6.61 Å². The molecule has 100 valence electrons. The molecule has 1 rings (SSSR count). The Hall–Kier alpha value is -1.26. The lowest BCUT2D eigenvalue weighted by atomic mass is 10.2. The van der Waals surface area contributed by atoms with Gasteiger partial charge in [0.15, 0.2) is 0 Å². The van der Waals surface area contributed by atoms with Gasteiger partial charge in [0.1, 0.15) is 5.75 Å². The van der Waals surface area contributed by atoms with Gasteiger partial charge in [-0.15, -0.1) is 0 Å². The van der Waals surface area contributed by atoms with Gasteiger partial charge in [-0.25, -0.2) is 5.84 Å². The molecule has 5 heteroatoms. The van der Waals surface area contributed by atoms with Gasteiger partial charge in [0.25, 0.3) is 0 Å². The second kappa shape index (κ2) is 7.95. The topological polar surface area (TPSA) is 64.3 Å². The van der Waals surface area contributed by atoms with Gasteiger partial charge in [0, 0.05) is 11.4 Å². The molecule has 0 saturated heterocycles. The smallest absolute Gasteiger partial charge is 0.233 e. The third-order valence-electron chi connectivity index (χ3n) is 2.61. The SMILES string of the molecule is Cc1cc(OCCCCCC(=O)NN)ccc1Cl. The summed E-state index contributed by atoms with van der Waals surface area (Å²) in [6, 6.07) is 5.61. The van der Waals surface area contributed by atoms with Crippen LogP contribution in [0.3, 0.4) is 0 Å². The summed E-state index contributed by atoms with van der Waals surface area (Å²) in [4.78, 5) is 10.9. The number of rotatable bonds is 7. The molecule has 1 amide bonds. The van der Waals surface area contributed by atoms with Crippen molar-refractivity contribution in [3.63, 3.8) is 0 Å². The highest BCUT2D eigenvalue weighted by Crippen LogP contribution is 2.21. The Kier molecular flexibility index (Phi) is 6.54. The van der Waals surface area contributed by atoms with E-state index in [4.69, 9.17) is 22.2 Å². The minimum absolute atomic E-state index is 0.121. The van der Waals surface area contributed by atoms with E-state index >= 15 is 0 Å². The molecule has 0 aliphatic carbocycles. The van der Waals surface area contributed by atoms with E-state index in [2.05, 4.69) is 5.43 Å². The maximum absolute atomic E-state index is 10.9. The first kappa shape index (κ1) is 14.8. The van der Waals surface area contributed by atoms with Crippen molar-refractivity contribution in [2.24, 2.45) is 5.84 Å². The van der Waals surface area contributed by atoms with Crippen LogP contribution in [-0.4, -0.2) is 12.5 Å². The summed E-state index contributed by atoms with van der Waals surface area (Å²) in [6.07, 6.45) is 3.15. The first-order chi connectivity index (χ1) is 8.63. The van der Waals surface area contributed by atoms with E-state index in [-0.39, 0.29) is 5.91 Å². The molecule has 0 spiro atoms. The van der Waals surface area contributed by atoms with Crippen LogP contribution in [0, 0.1) is 6.92 Å². The van der Waals surface area contributed by atoms with Crippen molar-refractivity contribution in [2.75, 3.05) is 6.61 Å². The van der Waals surface area contributed by atoms with Gasteiger partial charge < -0.3 is 4.74 Å². The number of carbonyl (C=O) groups is 1. The molecule has 0 heterocycles. The Morgan fingerprint density at radius 2 is 2.17 bits per heavy atom. The number of benzene rings is 1. The van der Waals surface area contributed by atoms with E-state index in [1.165, 1.54) is 0 Å². The highest BCUT2D eigenvalue weighted by Gasteiger charge is 2.00. The number of carbonyl (C=O) groups excluding carboxylic acids is 1.